The zero-order chi connectivity index (χ0) is 12.8. The predicted octanol–water partition coefficient (Wildman–Crippen LogP) is 1.74. The molecule has 0 spiro atoms. The molecule has 0 aliphatic rings. The minimum Gasteiger partial charge on any atom is -0.387 e. The van der Waals surface area contributed by atoms with E-state index in [1.54, 1.807) is 6.92 Å². The van der Waals surface area contributed by atoms with Crippen LogP contribution in [0.1, 0.15) is 18.1 Å². The van der Waals surface area contributed by atoms with Crippen LogP contribution in [0.3, 0.4) is 0 Å². The van der Waals surface area contributed by atoms with Crippen LogP contribution in [0.25, 0.3) is 0 Å². The molecule has 0 atom stereocenters. The van der Waals surface area contributed by atoms with E-state index in [4.69, 9.17) is 11.5 Å². The van der Waals surface area contributed by atoms with Gasteiger partial charge in [0.1, 0.15) is 5.84 Å². The number of hydrogen-bond donors (Lipinski definition) is 2. The van der Waals surface area contributed by atoms with Crippen LogP contribution in [-0.4, -0.2) is 19.9 Å². The lowest BCUT2D eigenvalue weighted by atomic mass is 10.1. The van der Waals surface area contributed by atoms with Gasteiger partial charge >= 0.3 is 0 Å². The van der Waals surface area contributed by atoms with Gasteiger partial charge in [-0.2, -0.15) is 0 Å². The molecule has 0 aliphatic heterocycles. The van der Waals surface area contributed by atoms with Crippen LogP contribution in [0.15, 0.2) is 22.6 Å². The summed E-state index contributed by atoms with van der Waals surface area (Å²) < 4.78 is 4.10. The highest BCUT2D eigenvalue weighted by atomic mass is 32.2. The summed E-state index contributed by atoms with van der Waals surface area (Å²) in [5.74, 6) is 1.41. The maximum atomic E-state index is 5.75. The topological polar surface area (TPSA) is 67.6 Å². The minimum atomic E-state index is 0.547. The number of nitrogens with two attached hydrogens (primary N) is 2. The molecular weight excluding hydrogens is 232 g/mol. The lowest BCUT2D eigenvalue weighted by molar-refractivity contribution is 1.02. The largest absolute Gasteiger partial charge is 0.387 e. The summed E-state index contributed by atoms with van der Waals surface area (Å²) in [5.41, 5.74) is 14.8. The first-order valence-electron chi connectivity index (χ1n) is 5.45. The van der Waals surface area contributed by atoms with E-state index >= 15 is 0 Å². The average molecular weight is 252 g/mol. The summed E-state index contributed by atoms with van der Waals surface area (Å²) in [6, 6.07) is 6.32. The van der Waals surface area contributed by atoms with Crippen molar-refractivity contribution in [2.24, 2.45) is 15.9 Å². The number of hydrogen-bond acceptors (Lipinski definition) is 4. The second kappa shape index (κ2) is 6.51. The molecule has 1 aromatic carbocycles. The van der Waals surface area contributed by atoms with Gasteiger partial charge in [-0.3, -0.25) is 0 Å². The van der Waals surface area contributed by atoms with E-state index in [2.05, 4.69) is 27.5 Å². The third-order valence-corrected chi connectivity index (χ3v) is 3.16. The Balaban J connectivity index is 2.79. The standard InChI is InChI=1S/C12H20N4S/c1-9(14)15-17-8-10-4-5-12(16(2)3)11(6-10)7-13/h4-6H,7-8,13H2,1-3H3,(H2,14,15). The molecule has 4 N–H and O–H groups in total. The van der Waals surface area contributed by atoms with E-state index in [-0.39, 0.29) is 0 Å². The molecule has 0 unspecified atom stereocenters. The Hall–Kier alpha value is -1.20. The molecule has 94 valence electrons. The lowest BCUT2D eigenvalue weighted by Crippen LogP contribution is -2.13. The molecule has 0 saturated carbocycles. The molecular formula is C12H20N4S. The van der Waals surface area contributed by atoms with Crippen LogP contribution in [-0.2, 0) is 12.3 Å². The SMILES string of the molecule is C/C(N)=N/SCc1ccc(N(C)C)c(CN)c1. The Morgan fingerprint density at radius 2 is 2.12 bits per heavy atom. The maximum Gasteiger partial charge on any atom is 0.104 e. The zero-order valence-electron chi connectivity index (χ0n) is 10.6. The highest BCUT2D eigenvalue weighted by Gasteiger charge is 2.04. The van der Waals surface area contributed by atoms with Crippen molar-refractivity contribution in [3.8, 4) is 0 Å². The van der Waals surface area contributed by atoms with Gasteiger partial charge in [-0.1, -0.05) is 12.1 Å². The number of anilines is 1. The Bertz CT molecular complexity index is 397. The second-order valence-electron chi connectivity index (χ2n) is 4.07. The van der Waals surface area contributed by atoms with E-state index < -0.39 is 0 Å². The maximum absolute atomic E-state index is 5.75. The van der Waals surface area contributed by atoms with Gasteiger partial charge in [0.25, 0.3) is 0 Å². The Kier molecular flexibility index (Phi) is 5.31. The Morgan fingerprint density at radius 1 is 1.41 bits per heavy atom. The molecule has 0 amide bonds. The van der Waals surface area contributed by atoms with Crippen molar-refractivity contribution in [2.45, 2.75) is 19.2 Å². The van der Waals surface area contributed by atoms with Gasteiger partial charge in [-0.15, -0.1) is 0 Å². The summed E-state index contributed by atoms with van der Waals surface area (Å²) in [7, 11) is 4.04. The lowest BCUT2D eigenvalue weighted by Gasteiger charge is -2.17. The van der Waals surface area contributed by atoms with E-state index in [1.807, 2.05) is 14.1 Å². The van der Waals surface area contributed by atoms with Crippen LogP contribution in [0.4, 0.5) is 5.69 Å². The van der Waals surface area contributed by atoms with Crippen molar-refractivity contribution < 1.29 is 0 Å². The molecule has 0 fully saturated rings. The quantitative estimate of drug-likeness (QED) is 0.476. The van der Waals surface area contributed by atoms with Crippen LogP contribution in [0.5, 0.6) is 0 Å². The molecule has 1 aromatic rings. The first-order chi connectivity index (χ1) is 8.04. The van der Waals surface area contributed by atoms with Crippen LogP contribution in [0, 0.1) is 0 Å². The van der Waals surface area contributed by atoms with E-state index in [1.165, 1.54) is 23.2 Å². The molecule has 0 aromatic heterocycles. The first kappa shape index (κ1) is 13.9. The Morgan fingerprint density at radius 3 is 2.65 bits per heavy atom. The Labute approximate surface area is 107 Å². The number of rotatable bonds is 5. The first-order valence-corrected chi connectivity index (χ1v) is 6.40. The highest BCUT2D eigenvalue weighted by molar-refractivity contribution is 7.97. The van der Waals surface area contributed by atoms with Crippen molar-refractivity contribution in [1.82, 2.24) is 0 Å². The van der Waals surface area contributed by atoms with Crippen LogP contribution >= 0.6 is 11.9 Å². The smallest absolute Gasteiger partial charge is 0.104 e. The fraction of sp³-hybridized carbons (Fsp3) is 0.417. The summed E-state index contributed by atoms with van der Waals surface area (Å²) in [4.78, 5) is 2.07. The molecule has 1 rings (SSSR count). The summed E-state index contributed by atoms with van der Waals surface area (Å²) in [5, 5.41) is 0. The molecule has 5 heteroatoms. The van der Waals surface area contributed by atoms with Gasteiger partial charge < -0.3 is 16.4 Å². The molecule has 4 nitrogen and oxygen atoms in total. The molecule has 0 radical (unpaired) electrons. The van der Waals surface area contributed by atoms with Gasteiger partial charge in [0, 0.05) is 32.1 Å². The fourth-order valence-corrected chi connectivity index (χ4v) is 2.13. The van der Waals surface area contributed by atoms with Crippen LogP contribution in [0.2, 0.25) is 0 Å². The second-order valence-corrected chi connectivity index (χ2v) is 4.80. The molecule has 0 saturated heterocycles. The summed E-state index contributed by atoms with van der Waals surface area (Å²) in [6.45, 7) is 2.33. The van der Waals surface area contributed by atoms with Gasteiger partial charge in [-0.05, 0) is 36.1 Å². The van der Waals surface area contributed by atoms with Crippen molar-refractivity contribution in [3.63, 3.8) is 0 Å². The van der Waals surface area contributed by atoms with Gasteiger partial charge in [-0.25, -0.2) is 4.40 Å². The molecule has 0 bridgehead atoms. The fourth-order valence-electron chi connectivity index (χ4n) is 1.54. The molecule has 0 aliphatic carbocycles. The van der Waals surface area contributed by atoms with Crippen molar-refractivity contribution in [3.05, 3.63) is 29.3 Å². The predicted molar refractivity (Wildman–Crippen MR) is 77.3 cm³/mol. The number of amidine groups is 1. The van der Waals surface area contributed by atoms with Gasteiger partial charge in [0.05, 0.1) is 0 Å². The minimum absolute atomic E-state index is 0.547. The van der Waals surface area contributed by atoms with Gasteiger partial charge in [0.2, 0.25) is 0 Å². The van der Waals surface area contributed by atoms with E-state index in [0.717, 1.165) is 11.3 Å². The average Bonchev–Trinajstić information content (AvgIpc) is 2.28. The van der Waals surface area contributed by atoms with Crippen LogP contribution < -0.4 is 16.4 Å². The zero-order valence-corrected chi connectivity index (χ0v) is 11.4. The van der Waals surface area contributed by atoms with Crippen molar-refractivity contribution in [2.75, 3.05) is 19.0 Å². The number of nitrogens with zero attached hydrogens (tertiary/aromatic N) is 2. The van der Waals surface area contributed by atoms with E-state index in [9.17, 15) is 0 Å². The molecule has 0 heterocycles. The normalized spacial score (nSPS) is 11.6. The van der Waals surface area contributed by atoms with Crippen molar-refractivity contribution in [1.29, 1.82) is 0 Å². The van der Waals surface area contributed by atoms with E-state index in [0.29, 0.717) is 12.4 Å². The van der Waals surface area contributed by atoms with Gasteiger partial charge in [0.15, 0.2) is 0 Å². The molecule has 17 heavy (non-hydrogen) atoms. The van der Waals surface area contributed by atoms with Crippen molar-refractivity contribution >= 4 is 23.5 Å². The number of benzene rings is 1. The third kappa shape index (κ3) is 4.28. The monoisotopic (exact) mass is 252 g/mol. The summed E-state index contributed by atoms with van der Waals surface area (Å²) >= 11 is 1.46. The third-order valence-electron chi connectivity index (χ3n) is 2.29. The summed E-state index contributed by atoms with van der Waals surface area (Å²) in [6.07, 6.45) is 0. The highest BCUT2D eigenvalue weighted by Crippen LogP contribution is 2.22.